The smallest absolute Gasteiger partial charge is 0.374 e. The van der Waals surface area contributed by atoms with E-state index in [0.29, 0.717) is 24.3 Å². The Kier molecular flexibility index (Phi) is 6.15. The molecule has 150 valence electrons. The predicted molar refractivity (Wildman–Crippen MR) is 101 cm³/mol. The number of esters is 1. The average Bonchev–Trinajstić information content (AvgIpc) is 3.23. The zero-order chi connectivity index (χ0) is 20.1. The number of carbonyl (C=O) groups is 2. The minimum absolute atomic E-state index is 0.00181. The number of nitrogens with one attached hydrogen (secondary N) is 1. The second-order valence-electron chi connectivity index (χ2n) is 6.55. The zero-order valence-corrected chi connectivity index (χ0v) is 16.3. The van der Waals surface area contributed by atoms with Gasteiger partial charge in [-0.3, -0.25) is 4.79 Å². The highest BCUT2D eigenvalue weighted by Crippen LogP contribution is 2.26. The third-order valence-electron chi connectivity index (χ3n) is 4.46. The third-order valence-corrected chi connectivity index (χ3v) is 6.50. The number of furan rings is 1. The van der Waals surface area contributed by atoms with E-state index in [9.17, 15) is 18.0 Å². The predicted octanol–water partition coefficient (Wildman–Crippen LogP) is 2.56. The number of hydrogen-bond donors (Lipinski definition) is 1. The topological polar surface area (TPSA) is 106 Å². The van der Waals surface area contributed by atoms with Gasteiger partial charge < -0.3 is 14.5 Å². The fourth-order valence-corrected chi connectivity index (χ4v) is 4.76. The summed E-state index contributed by atoms with van der Waals surface area (Å²) in [5.74, 6) is -1.33. The first-order chi connectivity index (χ1) is 13.4. The van der Waals surface area contributed by atoms with E-state index in [1.165, 1.54) is 28.8 Å². The van der Waals surface area contributed by atoms with Gasteiger partial charge in [-0.15, -0.1) is 0 Å². The lowest BCUT2D eigenvalue weighted by Gasteiger charge is -2.26. The van der Waals surface area contributed by atoms with E-state index < -0.39 is 28.5 Å². The number of piperidine rings is 1. The summed E-state index contributed by atoms with van der Waals surface area (Å²) in [6.07, 6.45) is 4.04. The van der Waals surface area contributed by atoms with Gasteiger partial charge in [-0.25, -0.2) is 13.2 Å². The molecule has 0 spiro atoms. The van der Waals surface area contributed by atoms with Crippen molar-refractivity contribution in [2.24, 2.45) is 0 Å². The Balaban J connectivity index is 1.67. The molecule has 0 saturated carbocycles. The summed E-state index contributed by atoms with van der Waals surface area (Å²) in [7, 11) is -3.62. The molecule has 3 rings (SSSR count). The van der Waals surface area contributed by atoms with Crippen molar-refractivity contribution in [3.8, 4) is 0 Å². The standard InChI is InChI=1S/C19H22N2O6S/c1-14-7-8-15(12-17(14)28(24,25)21-9-3-2-4-10-21)20-18(22)13-27-19(23)16-6-5-11-26-16/h5-8,11-12H,2-4,9-10,13H2,1H3,(H,20,22). The lowest BCUT2D eigenvalue weighted by Crippen LogP contribution is -2.36. The summed E-state index contributed by atoms with van der Waals surface area (Å²) < 4.78 is 37.1. The molecule has 1 aliphatic rings. The highest BCUT2D eigenvalue weighted by molar-refractivity contribution is 7.89. The average molecular weight is 406 g/mol. The molecule has 1 N–H and O–H groups in total. The molecule has 0 bridgehead atoms. The number of anilines is 1. The second kappa shape index (κ2) is 8.57. The Morgan fingerprint density at radius 2 is 1.93 bits per heavy atom. The summed E-state index contributed by atoms with van der Waals surface area (Å²) >= 11 is 0. The molecule has 1 aromatic carbocycles. The number of nitrogens with zero attached hydrogens (tertiary/aromatic N) is 1. The van der Waals surface area contributed by atoms with Gasteiger partial charge in [-0.2, -0.15) is 4.31 Å². The van der Waals surface area contributed by atoms with Gasteiger partial charge in [-0.05, 0) is 49.6 Å². The van der Waals surface area contributed by atoms with Crippen LogP contribution in [0.5, 0.6) is 0 Å². The zero-order valence-electron chi connectivity index (χ0n) is 15.5. The highest BCUT2D eigenvalue weighted by atomic mass is 32.2. The third kappa shape index (κ3) is 4.60. The Morgan fingerprint density at radius 3 is 2.61 bits per heavy atom. The van der Waals surface area contributed by atoms with Crippen LogP contribution in [0.1, 0.15) is 35.4 Å². The Bertz CT molecular complexity index is 947. The molecule has 8 nitrogen and oxygen atoms in total. The maximum absolute atomic E-state index is 12.9. The van der Waals surface area contributed by atoms with Crippen LogP contribution in [-0.2, 0) is 19.6 Å². The van der Waals surface area contributed by atoms with Gasteiger partial charge in [0.2, 0.25) is 15.8 Å². The number of aryl methyl sites for hydroxylation is 1. The molecule has 0 aliphatic carbocycles. The van der Waals surface area contributed by atoms with Crippen LogP contribution in [0, 0.1) is 6.92 Å². The van der Waals surface area contributed by atoms with Gasteiger partial charge >= 0.3 is 5.97 Å². The van der Waals surface area contributed by atoms with Crippen molar-refractivity contribution in [3.63, 3.8) is 0 Å². The molecule has 0 unspecified atom stereocenters. The van der Waals surface area contributed by atoms with Crippen molar-refractivity contribution in [2.45, 2.75) is 31.1 Å². The number of benzene rings is 1. The van der Waals surface area contributed by atoms with Crippen molar-refractivity contribution in [1.82, 2.24) is 4.31 Å². The van der Waals surface area contributed by atoms with Crippen LogP contribution in [0.2, 0.25) is 0 Å². The van der Waals surface area contributed by atoms with Crippen LogP contribution in [-0.4, -0.2) is 44.3 Å². The molecular weight excluding hydrogens is 384 g/mol. The van der Waals surface area contributed by atoms with Gasteiger partial charge in [0.15, 0.2) is 6.61 Å². The first kappa shape index (κ1) is 20.1. The molecule has 0 radical (unpaired) electrons. The molecule has 9 heteroatoms. The molecule has 0 atom stereocenters. The van der Waals surface area contributed by atoms with Crippen molar-refractivity contribution in [3.05, 3.63) is 47.9 Å². The van der Waals surface area contributed by atoms with E-state index in [2.05, 4.69) is 5.32 Å². The van der Waals surface area contributed by atoms with Crippen LogP contribution in [0.15, 0.2) is 45.9 Å². The first-order valence-electron chi connectivity index (χ1n) is 8.99. The lowest BCUT2D eigenvalue weighted by molar-refractivity contribution is -0.119. The summed E-state index contributed by atoms with van der Waals surface area (Å²) in [5.41, 5.74) is 0.924. The molecule has 1 fully saturated rings. The van der Waals surface area contributed by atoms with E-state index in [0.717, 1.165) is 19.3 Å². The van der Waals surface area contributed by atoms with Crippen LogP contribution < -0.4 is 5.32 Å². The summed E-state index contributed by atoms with van der Waals surface area (Å²) in [6, 6.07) is 7.65. The largest absolute Gasteiger partial charge is 0.457 e. The lowest BCUT2D eigenvalue weighted by atomic mass is 10.2. The van der Waals surface area contributed by atoms with Gasteiger partial charge in [0.25, 0.3) is 5.91 Å². The van der Waals surface area contributed by atoms with Gasteiger partial charge in [-0.1, -0.05) is 12.5 Å². The normalized spacial score (nSPS) is 15.2. The van der Waals surface area contributed by atoms with Crippen LogP contribution in [0.3, 0.4) is 0 Å². The molecule has 1 amide bonds. The minimum atomic E-state index is -3.62. The molecule has 28 heavy (non-hydrogen) atoms. The van der Waals surface area contributed by atoms with Crippen molar-refractivity contribution >= 4 is 27.6 Å². The number of carbonyl (C=O) groups excluding carboxylic acids is 2. The molecule has 1 aromatic heterocycles. The summed E-state index contributed by atoms with van der Waals surface area (Å²) in [6.45, 7) is 2.21. The molecular formula is C19H22N2O6S. The van der Waals surface area contributed by atoms with Crippen LogP contribution >= 0.6 is 0 Å². The van der Waals surface area contributed by atoms with Crippen LogP contribution in [0.25, 0.3) is 0 Å². The van der Waals surface area contributed by atoms with E-state index in [1.807, 2.05) is 0 Å². The van der Waals surface area contributed by atoms with Crippen molar-refractivity contribution in [2.75, 3.05) is 25.0 Å². The van der Waals surface area contributed by atoms with Crippen molar-refractivity contribution in [1.29, 1.82) is 0 Å². The minimum Gasteiger partial charge on any atom is -0.457 e. The molecule has 1 aliphatic heterocycles. The SMILES string of the molecule is Cc1ccc(NC(=O)COC(=O)c2ccco2)cc1S(=O)(=O)N1CCCCC1. The Morgan fingerprint density at radius 1 is 1.18 bits per heavy atom. The highest BCUT2D eigenvalue weighted by Gasteiger charge is 2.27. The van der Waals surface area contributed by atoms with E-state index in [1.54, 1.807) is 19.1 Å². The number of hydrogen-bond acceptors (Lipinski definition) is 6. The second-order valence-corrected chi connectivity index (χ2v) is 8.45. The van der Waals surface area contributed by atoms with Gasteiger partial charge in [0.1, 0.15) is 0 Å². The number of sulfonamides is 1. The fraction of sp³-hybridized carbons (Fsp3) is 0.368. The van der Waals surface area contributed by atoms with Crippen LogP contribution in [0.4, 0.5) is 5.69 Å². The molecule has 2 aromatic rings. The maximum atomic E-state index is 12.9. The summed E-state index contributed by atoms with van der Waals surface area (Å²) in [4.78, 5) is 23.9. The monoisotopic (exact) mass is 406 g/mol. The molecule has 2 heterocycles. The Labute approximate surface area is 163 Å². The number of amides is 1. The summed E-state index contributed by atoms with van der Waals surface area (Å²) in [5, 5.41) is 2.56. The van der Waals surface area contributed by atoms with Gasteiger partial charge in [0.05, 0.1) is 11.2 Å². The number of ether oxygens (including phenoxy) is 1. The molecule has 1 saturated heterocycles. The maximum Gasteiger partial charge on any atom is 0.374 e. The van der Waals surface area contributed by atoms with Gasteiger partial charge in [0, 0.05) is 18.8 Å². The van der Waals surface area contributed by atoms with E-state index in [-0.39, 0.29) is 10.7 Å². The first-order valence-corrected chi connectivity index (χ1v) is 10.4. The van der Waals surface area contributed by atoms with Crippen molar-refractivity contribution < 1.29 is 27.2 Å². The van der Waals surface area contributed by atoms with E-state index in [4.69, 9.17) is 9.15 Å². The quantitative estimate of drug-likeness (QED) is 0.739. The number of rotatable bonds is 6. The fourth-order valence-electron chi connectivity index (χ4n) is 2.99. The Hall–Kier alpha value is -2.65. The van der Waals surface area contributed by atoms with E-state index >= 15 is 0 Å².